The molecule has 98 valence electrons. The molecule has 0 aliphatic rings. The topological polar surface area (TPSA) is 38.4 Å². The van der Waals surface area contributed by atoms with Crippen molar-refractivity contribution in [3.63, 3.8) is 0 Å². The normalized spacial score (nSPS) is 11.6. The number of benzene rings is 2. The Bertz CT molecular complexity index is 591. The fourth-order valence-corrected chi connectivity index (χ4v) is 2.21. The largest absolute Gasteiger partial charge is 0.383 e. The van der Waals surface area contributed by atoms with Crippen LogP contribution in [0.25, 0.3) is 0 Å². The van der Waals surface area contributed by atoms with E-state index in [1.807, 2.05) is 24.3 Å². The molecule has 0 spiro atoms. The average molecular weight is 389 g/mol. The predicted octanol–water partition coefficient (Wildman–Crippen LogP) is 3.99. The Balaban J connectivity index is 2.22. The van der Waals surface area contributed by atoms with E-state index in [9.17, 15) is 4.39 Å². The van der Waals surface area contributed by atoms with Crippen LogP contribution in [0.1, 0.15) is 11.1 Å². The third-order valence-electron chi connectivity index (χ3n) is 2.56. The molecule has 0 heterocycles. The molecule has 2 aromatic carbocycles. The first kappa shape index (κ1) is 14.3. The summed E-state index contributed by atoms with van der Waals surface area (Å²) in [5.74, 6) is -0.349. The lowest BCUT2D eigenvalue weighted by Crippen LogP contribution is -2.16. The van der Waals surface area contributed by atoms with E-state index in [0.29, 0.717) is 6.54 Å². The van der Waals surface area contributed by atoms with Gasteiger partial charge in [0.2, 0.25) is 0 Å². The van der Waals surface area contributed by atoms with Crippen molar-refractivity contribution < 1.29 is 4.39 Å². The van der Waals surface area contributed by atoms with Crippen LogP contribution in [0.15, 0.2) is 47.5 Å². The molecule has 5 heteroatoms. The SMILES string of the molecule is NC(=NCc1ccc(I)cc1)c1c(F)cccc1Cl. The van der Waals surface area contributed by atoms with E-state index in [0.717, 1.165) is 9.13 Å². The minimum atomic E-state index is -0.462. The third kappa shape index (κ3) is 3.67. The molecule has 19 heavy (non-hydrogen) atoms. The molecular formula is C14H11ClFIN2. The molecule has 0 atom stereocenters. The second-order valence-corrected chi connectivity index (χ2v) is 5.58. The van der Waals surface area contributed by atoms with Gasteiger partial charge in [0, 0.05) is 3.57 Å². The van der Waals surface area contributed by atoms with Crippen LogP contribution >= 0.6 is 34.2 Å². The highest BCUT2D eigenvalue weighted by Crippen LogP contribution is 2.18. The maximum atomic E-state index is 13.6. The summed E-state index contributed by atoms with van der Waals surface area (Å²) >= 11 is 8.15. The number of amidine groups is 1. The molecule has 0 aromatic heterocycles. The summed E-state index contributed by atoms with van der Waals surface area (Å²) in [6.45, 7) is 0.396. The van der Waals surface area contributed by atoms with Gasteiger partial charge in [-0.2, -0.15) is 0 Å². The molecule has 0 bridgehead atoms. The smallest absolute Gasteiger partial charge is 0.135 e. The highest BCUT2D eigenvalue weighted by Gasteiger charge is 2.10. The van der Waals surface area contributed by atoms with Crippen molar-refractivity contribution in [2.45, 2.75) is 6.54 Å². The van der Waals surface area contributed by atoms with Crippen molar-refractivity contribution in [2.75, 3.05) is 0 Å². The number of rotatable bonds is 3. The lowest BCUT2D eigenvalue weighted by atomic mass is 10.2. The monoisotopic (exact) mass is 388 g/mol. The molecule has 0 saturated heterocycles. The number of halogens is 3. The van der Waals surface area contributed by atoms with Gasteiger partial charge in [-0.25, -0.2) is 4.39 Å². The molecule has 0 saturated carbocycles. The Morgan fingerprint density at radius 3 is 2.53 bits per heavy atom. The lowest BCUT2D eigenvalue weighted by Gasteiger charge is -2.05. The average Bonchev–Trinajstić information content (AvgIpc) is 2.38. The molecular weight excluding hydrogens is 378 g/mol. The number of nitrogens with two attached hydrogens (primary N) is 1. The van der Waals surface area contributed by atoms with Crippen LogP contribution in [0.2, 0.25) is 5.02 Å². The molecule has 2 aromatic rings. The molecule has 2 N–H and O–H groups in total. The summed E-state index contributed by atoms with van der Waals surface area (Å²) < 4.78 is 14.8. The molecule has 0 radical (unpaired) electrons. The zero-order valence-corrected chi connectivity index (χ0v) is 12.8. The fourth-order valence-electron chi connectivity index (χ4n) is 1.59. The molecule has 2 rings (SSSR count). The summed E-state index contributed by atoms with van der Waals surface area (Å²) in [5, 5.41) is 0.267. The maximum Gasteiger partial charge on any atom is 0.135 e. The quantitative estimate of drug-likeness (QED) is 0.482. The van der Waals surface area contributed by atoms with E-state index in [4.69, 9.17) is 17.3 Å². The van der Waals surface area contributed by atoms with Crippen LogP contribution in [0.5, 0.6) is 0 Å². The summed E-state index contributed by atoms with van der Waals surface area (Å²) in [5.41, 5.74) is 6.97. The van der Waals surface area contributed by atoms with Crippen molar-refractivity contribution in [3.05, 3.63) is 68.0 Å². The van der Waals surface area contributed by atoms with Gasteiger partial charge in [-0.3, -0.25) is 4.99 Å². The van der Waals surface area contributed by atoms with Gasteiger partial charge in [-0.05, 0) is 52.4 Å². The fraction of sp³-hybridized carbons (Fsp3) is 0.0714. The van der Waals surface area contributed by atoms with Crippen LogP contribution in [-0.2, 0) is 6.54 Å². The molecule has 0 aliphatic carbocycles. The summed E-state index contributed by atoms with van der Waals surface area (Å²) in [4.78, 5) is 4.18. The first-order chi connectivity index (χ1) is 9.08. The Labute approximate surface area is 129 Å². The van der Waals surface area contributed by atoms with Crippen molar-refractivity contribution >= 4 is 40.0 Å². The van der Waals surface area contributed by atoms with E-state index in [2.05, 4.69) is 27.6 Å². The first-order valence-corrected chi connectivity index (χ1v) is 7.02. The van der Waals surface area contributed by atoms with Gasteiger partial charge in [0.05, 0.1) is 17.1 Å². The number of aliphatic imine (C=N–C) groups is 1. The number of hydrogen-bond acceptors (Lipinski definition) is 1. The van der Waals surface area contributed by atoms with E-state index in [-0.39, 0.29) is 16.4 Å². The van der Waals surface area contributed by atoms with Crippen molar-refractivity contribution in [2.24, 2.45) is 10.7 Å². The molecule has 0 fully saturated rings. The van der Waals surface area contributed by atoms with Crippen LogP contribution < -0.4 is 5.73 Å². The van der Waals surface area contributed by atoms with Gasteiger partial charge < -0.3 is 5.73 Å². The number of hydrogen-bond donors (Lipinski definition) is 1. The Kier molecular flexibility index (Phi) is 4.76. The van der Waals surface area contributed by atoms with E-state index >= 15 is 0 Å². The van der Waals surface area contributed by atoms with E-state index < -0.39 is 5.82 Å². The Morgan fingerprint density at radius 1 is 1.21 bits per heavy atom. The Hall–Kier alpha value is -1.14. The zero-order valence-electron chi connectivity index (χ0n) is 9.91. The van der Waals surface area contributed by atoms with Crippen molar-refractivity contribution in [1.82, 2.24) is 0 Å². The van der Waals surface area contributed by atoms with Crippen LogP contribution in [0, 0.1) is 9.39 Å². The van der Waals surface area contributed by atoms with Crippen LogP contribution in [0.3, 0.4) is 0 Å². The minimum absolute atomic E-state index is 0.113. The second-order valence-electron chi connectivity index (χ2n) is 3.92. The third-order valence-corrected chi connectivity index (χ3v) is 3.60. The first-order valence-electron chi connectivity index (χ1n) is 5.56. The summed E-state index contributed by atoms with van der Waals surface area (Å²) in [6.07, 6.45) is 0. The lowest BCUT2D eigenvalue weighted by molar-refractivity contribution is 0.625. The van der Waals surface area contributed by atoms with E-state index in [1.165, 1.54) is 12.1 Å². The minimum Gasteiger partial charge on any atom is -0.383 e. The number of nitrogens with zero attached hydrogens (tertiary/aromatic N) is 1. The highest BCUT2D eigenvalue weighted by atomic mass is 127. The van der Waals surface area contributed by atoms with Crippen molar-refractivity contribution in [3.8, 4) is 0 Å². The summed E-state index contributed by atoms with van der Waals surface area (Å²) in [6, 6.07) is 12.3. The zero-order chi connectivity index (χ0) is 13.8. The van der Waals surface area contributed by atoms with E-state index in [1.54, 1.807) is 6.07 Å². The van der Waals surface area contributed by atoms with Gasteiger partial charge in [0.15, 0.2) is 0 Å². The summed E-state index contributed by atoms with van der Waals surface area (Å²) in [7, 11) is 0. The van der Waals surface area contributed by atoms with Crippen LogP contribution in [0.4, 0.5) is 4.39 Å². The molecule has 0 amide bonds. The highest BCUT2D eigenvalue weighted by molar-refractivity contribution is 14.1. The second kappa shape index (κ2) is 6.34. The molecule has 0 unspecified atom stereocenters. The predicted molar refractivity (Wildman–Crippen MR) is 85.0 cm³/mol. The molecule has 2 nitrogen and oxygen atoms in total. The van der Waals surface area contributed by atoms with Crippen LogP contribution in [-0.4, -0.2) is 5.84 Å². The maximum absolute atomic E-state index is 13.6. The standard InChI is InChI=1S/C14H11ClFIN2/c15-11-2-1-3-12(16)13(11)14(18)19-8-9-4-6-10(17)7-5-9/h1-7H,8H2,(H2,18,19). The Morgan fingerprint density at radius 2 is 1.89 bits per heavy atom. The molecule has 0 aliphatic heterocycles. The van der Waals surface area contributed by atoms with Crippen molar-refractivity contribution in [1.29, 1.82) is 0 Å². The van der Waals surface area contributed by atoms with Gasteiger partial charge >= 0.3 is 0 Å². The van der Waals surface area contributed by atoms with Gasteiger partial charge in [-0.1, -0.05) is 29.8 Å². The van der Waals surface area contributed by atoms with Gasteiger partial charge in [0.1, 0.15) is 11.7 Å². The van der Waals surface area contributed by atoms with Gasteiger partial charge in [-0.15, -0.1) is 0 Å². The van der Waals surface area contributed by atoms with Gasteiger partial charge in [0.25, 0.3) is 0 Å².